The van der Waals surface area contributed by atoms with Gasteiger partial charge in [0, 0.05) is 6.54 Å². The van der Waals surface area contributed by atoms with Crippen LogP contribution in [0.1, 0.15) is 49.4 Å². The van der Waals surface area contributed by atoms with E-state index in [1.165, 1.54) is 0 Å². The maximum absolute atomic E-state index is 10.5. The van der Waals surface area contributed by atoms with E-state index in [0.29, 0.717) is 23.8 Å². The van der Waals surface area contributed by atoms with Crippen LogP contribution >= 0.6 is 0 Å². The molecule has 0 bridgehead atoms. The van der Waals surface area contributed by atoms with Crippen molar-refractivity contribution in [1.82, 2.24) is 10.2 Å². The van der Waals surface area contributed by atoms with E-state index in [2.05, 4.69) is 28.5 Å². The summed E-state index contributed by atoms with van der Waals surface area (Å²) in [7, 11) is 0. The van der Waals surface area contributed by atoms with E-state index >= 15 is 0 Å². The summed E-state index contributed by atoms with van der Waals surface area (Å²) >= 11 is 0. The number of nitrogens with one attached hydrogen (secondary N) is 1. The van der Waals surface area contributed by atoms with Crippen LogP contribution in [0, 0.1) is 31.1 Å². The molecule has 108 valence electrons. The van der Waals surface area contributed by atoms with Crippen molar-refractivity contribution in [3.8, 4) is 6.07 Å². The molecule has 20 heavy (non-hydrogen) atoms. The van der Waals surface area contributed by atoms with Crippen molar-refractivity contribution >= 4 is 5.82 Å². The zero-order valence-corrected chi connectivity index (χ0v) is 12.4. The molecule has 0 aromatic carbocycles. The van der Waals surface area contributed by atoms with Gasteiger partial charge in [0.1, 0.15) is 11.6 Å². The second-order valence-corrected chi connectivity index (χ2v) is 6.01. The van der Waals surface area contributed by atoms with Gasteiger partial charge in [-0.3, -0.25) is 0 Å². The lowest BCUT2D eigenvalue weighted by atomic mass is 9.79. The summed E-state index contributed by atoms with van der Waals surface area (Å²) < 4.78 is 0. The Morgan fingerprint density at radius 1 is 1.35 bits per heavy atom. The van der Waals surface area contributed by atoms with E-state index in [-0.39, 0.29) is 0 Å². The molecule has 1 aromatic rings. The number of hydrogen-bond donors (Lipinski definition) is 2. The molecule has 0 unspecified atom stereocenters. The third kappa shape index (κ3) is 3.07. The summed E-state index contributed by atoms with van der Waals surface area (Å²) in [6.07, 6.45) is 3.67. The Kier molecular flexibility index (Phi) is 4.24. The number of nitrogens with zero attached hydrogens (tertiary/aromatic N) is 3. The number of aromatic nitrogens is 2. The minimum atomic E-state index is -0.695. The molecule has 1 heterocycles. The predicted molar refractivity (Wildman–Crippen MR) is 77.3 cm³/mol. The number of aryl methyl sites for hydroxylation is 1. The molecule has 0 amide bonds. The van der Waals surface area contributed by atoms with Gasteiger partial charge in [0.2, 0.25) is 0 Å². The van der Waals surface area contributed by atoms with Gasteiger partial charge in [-0.1, -0.05) is 6.92 Å². The molecular formula is C15H22N4O. The Morgan fingerprint density at radius 2 is 2.00 bits per heavy atom. The number of anilines is 1. The quantitative estimate of drug-likeness (QED) is 0.884. The topological polar surface area (TPSA) is 81.8 Å². The van der Waals surface area contributed by atoms with Crippen molar-refractivity contribution in [2.45, 2.75) is 52.1 Å². The second kappa shape index (κ2) is 5.76. The smallest absolute Gasteiger partial charge is 0.167 e. The molecule has 1 saturated carbocycles. The molecule has 0 spiro atoms. The van der Waals surface area contributed by atoms with Crippen LogP contribution in [0.3, 0.4) is 0 Å². The van der Waals surface area contributed by atoms with Gasteiger partial charge in [-0.05, 0) is 51.0 Å². The molecule has 1 fully saturated rings. The Bertz CT molecular complexity index is 527. The molecule has 5 heteroatoms. The highest BCUT2D eigenvalue weighted by molar-refractivity contribution is 5.55. The first-order valence-electron chi connectivity index (χ1n) is 7.15. The van der Waals surface area contributed by atoms with Crippen LogP contribution in [-0.2, 0) is 0 Å². The lowest BCUT2D eigenvalue weighted by Gasteiger charge is -2.35. The Morgan fingerprint density at radius 3 is 2.60 bits per heavy atom. The zero-order valence-electron chi connectivity index (χ0n) is 12.4. The highest BCUT2D eigenvalue weighted by Crippen LogP contribution is 2.32. The summed E-state index contributed by atoms with van der Waals surface area (Å²) in [5, 5.41) is 31.0. The molecule has 1 aliphatic carbocycles. The molecular weight excluding hydrogens is 252 g/mol. The van der Waals surface area contributed by atoms with Crippen molar-refractivity contribution in [3.63, 3.8) is 0 Å². The lowest BCUT2D eigenvalue weighted by Crippen LogP contribution is -2.40. The van der Waals surface area contributed by atoms with Crippen molar-refractivity contribution in [2.75, 3.05) is 11.9 Å². The van der Waals surface area contributed by atoms with Gasteiger partial charge in [-0.25, -0.2) is 0 Å². The van der Waals surface area contributed by atoms with Crippen molar-refractivity contribution in [1.29, 1.82) is 5.26 Å². The van der Waals surface area contributed by atoms with E-state index in [0.717, 1.165) is 36.9 Å². The molecule has 5 nitrogen and oxygen atoms in total. The zero-order chi connectivity index (χ0) is 14.8. The fourth-order valence-corrected chi connectivity index (χ4v) is 2.59. The van der Waals surface area contributed by atoms with E-state index in [1.807, 2.05) is 13.8 Å². The Hall–Kier alpha value is -1.67. The van der Waals surface area contributed by atoms with Crippen LogP contribution in [0.5, 0.6) is 0 Å². The monoisotopic (exact) mass is 274 g/mol. The second-order valence-electron chi connectivity index (χ2n) is 6.01. The van der Waals surface area contributed by atoms with Crippen LogP contribution in [0.15, 0.2) is 0 Å². The summed E-state index contributed by atoms with van der Waals surface area (Å²) in [5.41, 5.74) is 1.43. The average molecular weight is 274 g/mol. The van der Waals surface area contributed by atoms with Gasteiger partial charge >= 0.3 is 0 Å². The summed E-state index contributed by atoms with van der Waals surface area (Å²) in [4.78, 5) is 0. The van der Waals surface area contributed by atoms with E-state index in [9.17, 15) is 10.4 Å². The van der Waals surface area contributed by atoms with Crippen LogP contribution in [0.4, 0.5) is 5.82 Å². The molecule has 1 aliphatic rings. The molecule has 2 rings (SSSR count). The van der Waals surface area contributed by atoms with Crippen LogP contribution < -0.4 is 5.32 Å². The minimum absolute atomic E-state index is 0.422. The van der Waals surface area contributed by atoms with Gasteiger partial charge in [0.05, 0.1) is 11.3 Å². The third-order valence-electron chi connectivity index (χ3n) is 4.36. The number of hydrogen-bond acceptors (Lipinski definition) is 5. The first kappa shape index (κ1) is 14.7. The molecule has 0 saturated heterocycles. The van der Waals surface area contributed by atoms with Crippen LogP contribution in [0.2, 0.25) is 0 Å². The minimum Gasteiger partial charge on any atom is -0.388 e. The maximum Gasteiger partial charge on any atom is 0.167 e. The van der Waals surface area contributed by atoms with Crippen LogP contribution in [0.25, 0.3) is 0 Å². The first-order chi connectivity index (χ1) is 9.45. The third-order valence-corrected chi connectivity index (χ3v) is 4.36. The fraction of sp³-hybridized carbons (Fsp3) is 0.667. The maximum atomic E-state index is 10.5. The highest BCUT2D eigenvalue weighted by atomic mass is 16.3. The SMILES string of the molecule is Cc1nnc(NCC2(O)CCC(C)CC2)c(C#N)c1C. The first-order valence-corrected chi connectivity index (χ1v) is 7.15. The number of rotatable bonds is 3. The van der Waals surface area contributed by atoms with Gasteiger partial charge < -0.3 is 10.4 Å². The summed E-state index contributed by atoms with van der Waals surface area (Å²) in [6.45, 7) is 6.34. The molecule has 2 N–H and O–H groups in total. The molecule has 0 atom stereocenters. The van der Waals surface area contributed by atoms with Gasteiger partial charge in [0.25, 0.3) is 0 Å². The summed E-state index contributed by atoms with van der Waals surface area (Å²) in [6, 6.07) is 2.17. The van der Waals surface area contributed by atoms with Crippen molar-refractivity contribution < 1.29 is 5.11 Å². The Labute approximate surface area is 120 Å². The van der Waals surface area contributed by atoms with Gasteiger partial charge in [-0.15, -0.1) is 5.10 Å². The van der Waals surface area contributed by atoms with E-state index in [1.54, 1.807) is 0 Å². The van der Waals surface area contributed by atoms with Crippen molar-refractivity contribution in [3.05, 3.63) is 16.8 Å². The fourth-order valence-electron chi connectivity index (χ4n) is 2.59. The Balaban J connectivity index is 2.08. The predicted octanol–water partition coefficient (Wildman–Crippen LogP) is 2.32. The molecule has 1 aromatic heterocycles. The average Bonchev–Trinajstić information content (AvgIpc) is 2.44. The largest absolute Gasteiger partial charge is 0.388 e. The van der Waals surface area contributed by atoms with E-state index < -0.39 is 5.60 Å². The number of aliphatic hydroxyl groups is 1. The van der Waals surface area contributed by atoms with Gasteiger partial charge in [-0.2, -0.15) is 10.4 Å². The summed E-state index contributed by atoms with van der Waals surface area (Å²) in [5.74, 6) is 1.16. The van der Waals surface area contributed by atoms with Gasteiger partial charge in [0.15, 0.2) is 5.82 Å². The van der Waals surface area contributed by atoms with Crippen molar-refractivity contribution in [2.24, 2.45) is 5.92 Å². The standard InChI is InChI=1S/C15H22N4O/c1-10-4-6-15(20,7-5-10)9-17-14-13(8-16)11(2)12(3)18-19-14/h10,20H,4-7,9H2,1-3H3,(H,17,19). The normalized spacial score (nSPS) is 26.1. The molecule has 0 aliphatic heterocycles. The molecule has 0 radical (unpaired) electrons. The lowest BCUT2D eigenvalue weighted by molar-refractivity contribution is 0.00493. The van der Waals surface area contributed by atoms with E-state index in [4.69, 9.17) is 0 Å². The number of nitriles is 1. The van der Waals surface area contributed by atoms with Crippen LogP contribution in [-0.4, -0.2) is 27.4 Å². The highest BCUT2D eigenvalue weighted by Gasteiger charge is 2.31.